The fourth-order valence-corrected chi connectivity index (χ4v) is 4.29. The minimum absolute atomic E-state index is 0.0302. The number of nitrogens with zero attached hydrogens (tertiary/aromatic N) is 2. The van der Waals surface area contributed by atoms with Gasteiger partial charge in [-0.15, -0.1) is 0 Å². The quantitative estimate of drug-likeness (QED) is 0.498. The van der Waals surface area contributed by atoms with Crippen molar-refractivity contribution in [3.63, 3.8) is 0 Å². The lowest BCUT2D eigenvalue weighted by molar-refractivity contribution is -0.0190. The molecular weight excluding hydrogens is 407 g/mol. The van der Waals surface area contributed by atoms with Crippen molar-refractivity contribution >= 4 is 28.9 Å². The van der Waals surface area contributed by atoms with Crippen LogP contribution in [0.5, 0.6) is 11.5 Å². The summed E-state index contributed by atoms with van der Waals surface area (Å²) in [4.78, 5) is 0. The predicted octanol–water partition coefficient (Wildman–Crippen LogP) is 6.24. The molecular formula is C23H18Cl2N2O2. The Labute approximate surface area is 179 Å². The van der Waals surface area contributed by atoms with Crippen molar-refractivity contribution in [1.82, 2.24) is 5.01 Å². The summed E-state index contributed by atoms with van der Waals surface area (Å²) in [5.41, 5.74) is 4.01. The number of benzene rings is 3. The van der Waals surface area contributed by atoms with E-state index >= 15 is 0 Å². The smallest absolute Gasteiger partial charge is 0.213 e. The largest absolute Gasteiger partial charge is 0.497 e. The van der Waals surface area contributed by atoms with Crippen LogP contribution in [-0.2, 0) is 0 Å². The highest BCUT2D eigenvalue weighted by Crippen LogP contribution is 2.48. The van der Waals surface area contributed by atoms with Crippen molar-refractivity contribution < 1.29 is 9.47 Å². The molecule has 2 atom stereocenters. The first-order valence-corrected chi connectivity index (χ1v) is 10.1. The molecule has 0 N–H and O–H groups in total. The summed E-state index contributed by atoms with van der Waals surface area (Å²) in [6.07, 6.45) is 0.386. The van der Waals surface area contributed by atoms with Crippen LogP contribution in [0.15, 0.2) is 71.8 Å². The van der Waals surface area contributed by atoms with Gasteiger partial charge < -0.3 is 9.47 Å². The Morgan fingerprint density at radius 3 is 2.66 bits per heavy atom. The van der Waals surface area contributed by atoms with Gasteiger partial charge in [-0.3, -0.25) is 0 Å². The van der Waals surface area contributed by atoms with Crippen molar-refractivity contribution in [2.24, 2.45) is 5.10 Å². The van der Waals surface area contributed by atoms with Gasteiger partial charge in [0.05, 0.1) is 18.9 Å². The van der Waals surface area contributed by atoms with Crippen LogP contribution in [0, 0.1) is 0 Å². The van der Waals surface area contributed by atoms with E-state index in [2.05, 4.69) is 0 Å². The lowest BCUT2D eigenvalue weighted by Crippen LogP contribution is -2.33. The maximum absolute atomic E-state index is 6.35. The lowest BCUT2D eigenvalue weighted by atomic mass is 9.96. The number of ether oxygens (including phenoxy) is 2. The highest BCUT2D eigenvalue weighted by Gasteiger charge is 2.41. The van der Waals surface area contributed by atoms with Crippen molar-refractivity contribution in [3.05, 3.63) is 93.5 Å². The van der Waals surface area contributed by atoms with E-state index in [1.54, 1.807) is 7.11 Å². The van der Waals surface area contributed by atoms with Crippen LogP contribution in [-0.4, -0.2) is 17.8 Å². The van der Waals surface area contributed by atoms with Crippen LogP contribution in [0.4, 0.5) is 0 Å². The third-order valence-corrected chi connectivity index (χ3v) is 5.76. The summed E-state index contributed by atoms with van der Waals surface area (Å²) in [6, 6.07) is 21.4. The molecule has 0 fully saturated rings. The third kappa shape index (κ3) is 3.33. The molecule has 2 aliphatic heterocycles. The Kier molecular flexibility index (Phi) is 4.61. The normalized spacial score (nSPS) is 19.8. The number of methoxy groups -OCH3 is 1. The number of halogens is 2. The Morgan fingerprint density at radius 2 is 1.83 bits per heavy atom. The average molecular weight is 425 g/mol. The van der Waals surface area contributed by atoms with E-state index < -0.39 is 0 Å². The average Bonchev–Trinajstić information content (AvgIpc) is 3.19. The molecule has 0 aromatic heterocycles. The van der Waals surface area contributed by atoms with E-state index in [-0.39, 0.29) is 12.3 Å². The zero-order valence-electron chi connectivity index (χ0n) is 15.7. The molecule has 3 aromatic rings. The van der Waals surface area contributed by atoms with Gasteiger partial charge in [-0.25, -0.2) is 5.01 Å². The second-order valence-electron chi connectivity index (χ2n) is 7.09. The van der Waals surface area contributed by atoms with Crippen molar-refractivity contribution in [1.29, 1.82) is 0 Å². The first-order valence-electron chi connectivity index (χ1n) is 9.34. The van der Waals surface area contributed by atoms with Gasteiger partial charge in [-0.2, -0.15) is 5.10 Å². The molecule has 4 nitrogen and oxygen atoms in total. The van der Waals surface area contributed by atoms with Crippen LogP contribution in [0.25, 0.3) is 0 Å². The van der Waals surface area contributed by atoms with E-state index in [1.807, 2.05) is 71.7 Å². The summed E-state index contributed by atoms with van der Waals surface area (Å²) in [5, 5.41) is 8.32. The second-order valence-corrected chi connectivity index (χ2v) is 7.96. The Balaban J connectivity index is 1.60. The lowest BCUT2D eigenvalue weighted by Gasteiger charge is -2.38. The molecule has 29 heavy (non-hydrogen) atoms. The van der Waals surface area contributed by atoms with Gasteiger partial charge in [-0.05, 0) is 42.5 Å². The van der Waals surface area contributed by atoms with Gasteiger partial charge in [0.25, 0.3) is 0 Å². The molecule has 0 aliphatic carbocycles. The van der Waals surface area contributed by atoms with E-state index in [1.165, 1.54) is 0 Å². The third-order valence-electron chi connectivity index (χ3n) is 5.29. The highest BCUT2D eigenvalue weighted by atomic mass is 35.5. The summed E-state index contributed by atoms with van der Waals surface area (Å²) in [6.45, 7) is 0. The molecule has 5 rings (SSSR count). The second kappa shape index (κ2) is 7.29. The number of hydrazone groups is 1. The standard InChI is InChI=1S/C23H18Cl2N2O2/c1-28-18-7-3-4-14(11-18)20-13-21-19-12-17(25)8-9-22(19)29-23(27(21)26-20)15-5-2-6-16(24)10-15/h2-12,21,23H,13H2,1H3/t21-,23+/m0/s1. The number of rotatable bonds is 3. The fraction of sp³-hybridized carbons (Fsp3) is 0.174. The van der Waals surface area contributed by atoms with Gasteiger partial charge >= 0.3 is 0 Å². The molecule has 0 radical (unpaired) electrons. The van der Waals surface area contributed by atoms with Crippen molar-refractivity contribution in [3.8, 4) is 11.5 Å². The number of fused-ring (bicyclic) bond motifs is 3. The fourth-order valence-electron chi connectivity index (χ4n) is 3.92. The Bertz CT molecular complexity index is 1120. The van der Waals surface area contributed by atoms with Crippen LogP contribution in [0.2, 0.25) is 10.0 Å². The van der Waals surface area contributed by atoms with Gasteiger partial charge in [0.2, 0.25) is 6.23 Å². The molecule has 0 bridgehead atoms. The molecule has 2 heterocycles. The molecule has 6 heteroatoms. The van der Waals surface area contributed by atoms with E-state index in [4.69, 9.17) is 37.8 Å². The first kappa shape index (κ1) is 18.3. The van der Waals surface area contributed by atoms with Gasteiger partial charge in [0, 0.05) is 33.2 Å². The summed E-state index contributed by atoms with van der Waals surface area (Å²) < 4.78 is 11.7. The topological polar surface area (TPSA) is 34.1 Å². The Morgan fingerprint density at radius 1 is 1.00 bits per heavy atom. The van der Waals surface area contributed by atoms with Crippen LogP contribution in [0.1, 0.15) is 35.4 Å². The van der Waals surface area contributed by atoms with Crippen LogP contribution >= 0.6 is 23.2 Å². The van der Waals surface area contributed by atoms with Crippen molar-refractivity contribution in [2.75, 3.05) is 7.11 Å². The highest BCUT2D eigenvalue weighted by molar-refractivity contribution is 6.31. The Hall–Kier alpha value is -2.69. The van der Waals surface area contributed by atoms with E-state index in [0.717, 1.165) is 40.3 Å². The zero-order chi connectivity index (χ0) is 20.0. The molecule has 2 aliphatic rings. The zero-order valence-corrected chi connectivity index (χ0v) is 17.2. The minimum Gasteiger partial charge on any atom is -0.497 e. The van der Waals surface area contributed by atoms with E-state index in [9.17, 15) is 0 Å². The molecule has 3 aromatic carbocycles. The number of hydrogen-bond acceptors (Lipinski definition) is 4. The van der Waals surface area contributed by atoms with E-state index in [0.29, 0.717) is 10.0 Å². The minimum atomic E-state index is -0.365. The van der Waals surface area contributed by atoms with Gasteiger partial charge in [-0.1, -0.05) is 47.5 Å². The molecule has 146 valence electrons. The molecule has 0 saturated heterocycles. The summed E-state index contributed by atoms with van der Waals surface area (Å²) >= 11 is 12.5. The van der Waals surface area contributed by atoms with Crippen LogP contribution in [0.3, 0.4) is 0 Å². The number of hydrogen-bond donors (Lipinski definition) is 0. The summed E-state index contributed by atoms with van der Waals surface area (Å²) in [5.74, 6) is 1.63. The summed E-state index contributed by atoms with van der Waals surface area (Å²) in [7, 11) is 1.67. The van der Waals surface area contributed by atoms with Gasteiger partial charge in [0.1, 0.15) is 11.5 Å². The predicted molar refractivity (Wildman–Crippen MR) is 115 cm³/mol. The SMILES string of the molecule is COc1cccc(C2=NN3[C@@H](c4cccc(Cl)c4)Oc4ccc(Cl)cc4[C@@H]3C2)c1. The molecule has 0 unspecified atom stereocenters. The van der Waals surface area contributed by atoms with Gasteiger partial charge in [0.15, 0.2) is 0 Å². The maximum Gasteiger partial charge on any atom is 0.213 e. The molecule has 0 amide bonds. The first-order chi connectivity index (χ1) is 14.1. The molecule has 0 saturated carbocycles. The van der Waals surface area contributed by atoms with Crippen molar-refractivity contribution in [2.45, 2.75) is 18.7 Å². The van der Waals surface area contributed by atoms with Crippen LogP contribution < -0.4 is 9.47 Å². The maximum atomic E-state index is 6.35. The molecule has 0 spiro atoms. The monoisotopic (exact) mass is 424 g/mol.